The van der Waals surface area contributed by atoms with Gasteiger partial charge in [0.25, 0.3) is 6.47 Å². The number of aromatic nitrogens is 4. The third kappa shape index (κ3) is 13.9. The van der Waals surface area contributed by atoms with Crippen LogP contribution in [-0.2, 0) is 52.2 Å². The third-order valence-corrected chi connectivity index (χ3v) is 13.2. The van der Waals surface area contributed by atoms with Crippen LogP contribution in [0.25, 0.3) is 10.7 Å². The first-order valence-electron chi connectivity index (χ1n) is 16.7. The molecule has 0 fully saturated rings. The van der Waals surface area contributed by atoms with Crippen LogP contribution in [0.5, 0.6) is 0 Å². The van der Waals surface area contributed by atoms with E-state index in [1.54, 1.807) is 13.8 Å². The molecule has 2 unspecified atom stereocenters. The number of alkyl halides is 6. The van der Waals surface area contributed by atoms with E-state index in [2.05, 4.69) is 24.8 Å². The van der Waals surface area contributed by atoms with Gasteiger partial charge in [-0.15, -0.1) is 0 Å². The van der Waals surface area contributed by atoms with Crippen LogP contribution >= 0.6 is 23.2 Å². The van der Waals surface area contributed by atoms with E-state index in [1.807, 2.05) is 0 Å². The van der Waals surface area contributed by atoms with E-state index in [4.69, 9.17) is 38.0 Å². The fraction of sp³-hybridized carbons (Fsp3) is 0.314. The van der Waals surface area contributed by atoms with E-state index in [1.165, 1.54) is 37.8 Å². The average Bonchev–Trinajstić information content (AvgIpc) is 3.16. The molecule has 322 valence electrons. The maximum absolute atomic E-state index is 13.5. The molecule has 3 heterocycles. The summed E-state index contributed by atoms with van der Waals surface area (Å²) in [7, 11) is -8.64. The average molecular weight is 996 g/mol. The topological polar surface area (TPSA) is 216 Å². The Morgan fingerprint density at radius 3 is 1.97 bits per heavy atom. The minimum atomic E-state index is -4.87. The molecule has 1 aliphatic heterocycles. The second-order valence-corrected chi connectivity index (χ2v) is 16.8. The van der Waals surface area contributed by atoms with Gasteiger partial charge in [0.1, 0.15) is 21.1 Å². The Labute approximate surface area is 442 Å². The first kappa shape index (κ1) is 57.4. The molecule has 2 aromatic carbocycles. The van der Waals surface area contributed by atoms with E-state index in [-0.39, 0.29) is 158 Å². The van der Waals surface area contributed by atoms with Gasteiger partial charge in [-0.2, -0.15) is 26.3 Å². The Morgan fingerprint density at radius 1 is 0.918 bits per heavy atom. The number of carbonyl (C=O) groups is 2. The molecule has 1 N–H and O–H groups in total. The molecule has 2 atom stereocenters. The van der Waals surface area contributed by atoms with Crippen molar-refractivity contribution < 1.29 is 177 Å². The second-order valence-electron chi connectivity index (χ2n) is 11.7. The standard InChI is InChI=1S/C18H18ClF3N2O4S.C16H12ClF3N2O3S.CH2O3.2K.H/c1-3-14(15-16(17(25)28-4-2)24-9-8-23-15)29(26,27)10-11-12(18(20,21)22)6-5-7-13(11)19;1-2-10-12-13(22-7-6-21-12)14(23)15(26(10,24)25)11-8(16(18,19)20)4-3-5-9(11)17;2-1-4-3;;;/h5-9,14H,3-4,10H2,1-2H3;3-7,10,23H,2H2,1H3;1,3H;;;/q;;;2*+1;-1/p-1. The zero-order valence-corrected chi connectivity index (χ0v) is 42.0. The van der Waals surface area contributed by atoms with Gasteiger partial charge < -0.3 is 21.4 Å². The van der Waals surface area contributed by atoms with Crippen LogP contribution in [0.4, 0.5) is 26.3 Å². The predicted molar refractivity (Wildman–Crippen MR) is 198 cm³/mol. The van der Waals surface area contributed by atoms with Gasteiger partial charge in [0, 0.05) is 40.4 Å². The van der Waals surface area contributed by atoms with Crippen molar-refractivity contribution in [2.75, 3.05) is 6.61 Å². The Kier molecular flexibility index (Phi) is 23.1. The molecule has 0 spiro atoms. The van der Waals surface area contributed by atoms with E-state index in [0.717, 1.165) is 24.3 Å². The molecule has 2 aromatic heterocycles. The van der Waals surface area contributed by atoms with Crippen LogP contribution in [-0.4, -0.2) is 60.9 Å². The van der Waals surface area contributed by atoms with Crippen molar-refractivity contribution in [3.8, 4) is 0 Å². The van der Waals surface area contributed by atoms with Crippen LogP contribution < -0.4 is 108 Å². The number of esters is 1. The van der Waals surface area contributed by atoms with Gasteiger partial charge in [0.05, 0.1) is 34.9 Å². The summed E-state index contributed by atoms with van der Waals surface area (Å²) in [5.74, 6) is -2.73. The van der Waals surface area contributed by atoms with Crippen LogP contribution in [0.15, 0.2) is 61.2 Å². The summed E-state index contributed by atoms with van der Waals surface area (Å²) in [6.07, 6.45) is -4.78. The molecule has 0 saturated heterocycles. The zero-order chi connectivity index (χ0) is 44.5. The third-order valence-electron chi connectivity index (χ3n) is 8.16. The molecule has 61 heavy (non-hydrogen) atoms. The Bertz CT molecular complexity index is 2440. The summed E-state index contributed by atoms with van der Waals surface area (Å²) in [4.78, 5) is 38.2. The number of sulfone groups is 2. The Hall–Kier alpha value is -1.63. The van der Waals surface area contributed by atoms with E-state index < -0.39 is 92.2 Å². The number of benzene rings is 2. The van der Waals surface area contributed by atoms with Gasteiger partial charge in [0.2, 0.25) is 0 Å². The van der Waals surface area contributed by atoms with Crippen molar-refractivity contribution in [1.82, 2.24) is 19.9 Å². The smallest absolute Gasteiger partial charge is 1.00 e. The van der Waals surface area contributed by atoms with Crippen molar-refractivity contribution in [2.24, 2.45) is 0 Å². The monoisotopic (exact) mass is 994 g/mol. The van der Waals surface area contributed by atoms with Crippen LogP contribution in [0.1, 0.15) is 95.4 Å². The number of aliphatic hydroxyl groups excluding tert-OH is 1. The fourth-order valence-electron chi connectivity index (χ4n) is 5.79. The summed E-state index contributed by atoms with van der Waals surface area (Å²) >= 11 is 11.8. The number of fused-ring (bicyclic) bond motifs is 1. The zero-order valence-electron chi connectivity index (χ0n) is 33.6. The molecule has 26 heteroatoms. The van der Waals surface area contributed by atoms with Gasteiger partial charge >= 0.3 is 121 Å². The molecule has 0 bridgehead atoms. The summed E-state index contributed by atoms with van der Waals surface area (Å²) < 4.78 is 137. The predicted octanol–water partition coefficient (Wildman–Crippen LogP) is 1.36. The number of rotatable bonds is 10. The number of carbonyl (C=O) groups excluding carboxylic acids is 2. The number of hydrogen-bond donors (Lipinski definition) is 1. The summed E-state index contributed by atoms with van der Waals surface area (Å²) in [5, 5.41) is 15.6. The molecule has 1 aliphatic rings. The SMILES string of the molecule is CCC1c2nccnc2C(O)=C(c2c(Cl)cccc2C(F)(F)F)S1(=O)=O.CCOC(=O)c1nccnc1C(CC)S(=O)(=O)Cc1c(Cl)cccc1C(F)(F)F.O=CO[O-].[H-].[K+].[K+]. The summed E-state index contributed by atoms with van der Waals surface area (Å²) in [6.45, 7) is 4.49. The summed E-state index contributed by atoms with van der Waals surface area (Å²) in [5.41, 5.74) is -4.36. The number of halogens is 8. The minimum Gasteiger partial charge on any atom is -1.00 e. The van der Waals surface area contributed by atoms with Gasteiger partial charge in [-0.3, -0.25) is 14.8 Å². The summed E-state index contributed by atoms with van der Waals surface area (Å²) in [6, 6.07) is 5.96. The van der Waals surface area contributed by atoms with Gasteiger partial charge in [-0.05, 0) is 49.6 Å². The Morgan fingerprint density at radius 2 is 1.44 bits per heavy atom. The molecule has 0 amide bonds. The first-order valence-corrected chi connectivity index (χ1v) is 20.7. The molecule has 14 nitrogen and oxygen atoms in total. The second kappa shape index (κ2) is 24.6. The molecule has 0 aliphatic carbocycles. The number of ether oxygens (including phenoxy) is 1. The van der Waals surface area contributed by atoms with Crippen LogP contribution in [0.3, 0.4) is 0 Å². The molecule has 0 radical (unpaired) electrons. The first-order chi connectivity index (χ1) is 27.5. The maximum atomic E-state index is 13.5. The minimum absolute atomic E-state index is 0. The normalized spacial score (nSPS) is 14.9. The van der Waals surface area contributed by atoms with E-state index in [9.17, 15) is 53.1 Å². The molecule has 0 saturated carbocycles. The van der Waals surface area contributed by atoms with E-state index in [0.29, 0.717) is 6.07 Å². The number of nitrogens with zero attached hydrogens (tertiary/aromatic N) is 4. The fourth-order valence-corrected chi connectivity index (χ4v) is 10.4. The molecular weight excluding hydrogens is 964 g/mol. The molecular formula is C35H32Cl2F6K2N4O10S2. The molecule has 5 rings (SSSR count). The van der Waals surface area contributed by atoms with Crippen molar-refractivity contribution in [2.45, 2.75) is 62.2 Å². The Balaban J connectivity index is 0.00000106. The molecule has 4 aromatic rings. The quantitative estimate of drug-likeness (QED) is 0.0594. The maximum Gasteiger partial charge on any atom is 1.00 e. The van der Waals surface area contributed by atoms with Gasteiger partial charge in [-0.1, -0.05) is 49.2 Å². The number of aliphatic hydroxyl groups is 1. The van der Waals surface area contributed by atoms with Crippen LogP contribution in [0, 0.1) is 0 Å². The number of hydrogen-bond acceptors (Lipinski definition) is 14. The van der Waals surface area contributed by atoms with Crippen molar-refractivity contribution in [3.05, 3.63) is 116 Å². The van der Waals surface area contributed by atoms with Gasteiger partial charge in [-0.25, -0.2) is 31.6 Å². The van der Waals surface area contributed by atoms with Crippen molar-refractivity contribution in [3.63, 3.8) is 0 Å². The van der Waals surface area contributed by atoms with Crippen molar-refractivity contribution >= 4 is 66.0 Å². The van der Waals surface area contributed by atoms with Crippen molar-refractivity contribution in [1.29, 1.82) is 0 Å². The van der Waals surface area contributed by atoms with E-state index >= 15 is 0 Å². The van der Waals surface area contributed by atoms with Crippen LogP contribution in [0.2, 0.25) is 10.0 Å². The largest absolute Gasteiger partial charge is 1.00 e. The van der Waals surface area contributed by atoms with Gasteiger partial charge in [0.15, 0.2) is 31.1 Å².